The van der Waals surface area contributed by atoms with Gasteiger partial charge in [-0.15, -0.1) is 0 Å². The molecule has 0 bridgehead atoms. The van der Waals surface area contributed by atoms with Crippen LogP contribution in [0, 0.1) is 11.3 Å². The topological polar surface area (TPSA) is 45.9 Å². The van der Waals surface area contributed by atoms with Crippen molar-refractivity contribution >= 4 is 0 Å². The first kappa shape index (κ1) is 13.1. The Bertz CT molecular complexity index is 560. The fourth-order valence-electron chi connectivity index (χ4n) is 2.02. The third-order valence-electron chi connectivity index (χ3n) is 3.12. The molecule has 1 atom stereocenters. The van der Waals surface area contributed by atoms with Crippen LogP contribution in [0.1, 0.15) is 23.5 Å². The number of hydrogen-bond acceptors (Lipinski definition) is 3. The first-order chi connectivity index (χ1) is 9.33. The Hall–Kier alpha value is -2.34. The second-order valence-corrected chi connectivity index (χ2v) is 4.35. The Balaban J connectivity index is 2.06. The molecule has 1 unspecified atom stereocenters. The lowest BCUT2D eigenvalue weighted by molar-refractivity contribution is 0.414. The van der Waals surface area contributed by atoms with Crippen LogP contribution in [0.25, 0.3) is 0 Å². The molecule has 0 aliphatic rings. The largest absolute Gasteiger partial charge is 0.497 e. The Kier molecular flexibility index (Phi) is 4.52. The van der Waals surface area contributed by atoms with Crippen LogP contribution >= 0.6 is 0 Å². The lowest BCUT2D eigenvalue weighted by Gasteiger charge is -2.10. The molecule has 0 aliphatic carbocycles. The number of aryl methyl sites for hydroxylation is 1. The molecule has 1 aromatic heterocycles. The summed E-state index contributed by atoms with van der Waals surface area (Å²) in [5.74, 6) is 0.685. The van der Waals surface area contributed by atoms with Crippen LogP contribution in [0.15, 0.2) is 48.8 Å². The van der Waals surface area contributed by atoms with E-state index in [4.69, 9.17) is 4.74 Å². The SMILES string of the molecule is COc1cccc(C(C#N)CCc2ccncc2)c1. The van der Waals surface area contributed by atoms with Gasteiger partial charge in [-0.3, -0.25) is 4.98 Å². The average Bonchev–Trinajstić information content (AvgIpc) is 2.49. The summed E-state index contributed by atoms with van der Waals surface area (Å²) < 4.78 is 5.19. The summed E-state index contributed by atoms with van der Waals surface area (Å²) in [4.78, 5) is 3.99. The number of aromatic nitrogens is 1. The highest BCUT2D eigenvalue weighted by Crippen LogP contribution is 2.24. The first-order valence-corrected chi connectivity index (χ1v) is 6.26. The van der Waals surface area contributed by atoms with Gasteiger partial charge in [-0.05, 0) is 48.2 Å². The fourth-order valence-corrected chi connectivity index (χ4v) is 2.02. The van der Waals surface area contributed by atoms with Gasteiger partial charge < -0.3 is 4.74 Å². The minimum absolute atomic E-state index is 0.108. The van der Waals surface area contributed by atoms with Crippen molar-refractivity contribution in [1.82, 2.24) is 4.98 Å². The zero-order chi connectivity index (χ0) is 13.5. The van der Waals surface area contributed by atoms with Crippen LogP contribution in [-0.4, -0.2) is 12.1 Å². The number of pyridine rings is 1. The Labute approximate surface area is 113 Å². The molecule has 1 heterocycles. The smallest absolute Gasteiger partial charge is 0.119 e. The maximum atomic E-state index is 9.32. The number of hydrogen-bond donors (Lipinski definition) is 0. The first-order valence-electron chi connectivity index (χ1n) is 6.26. The van der Waals surface area contributed by atoms with Gasteiger partial charge in [0.15, 0.2) is 0 Å². The average molecular weight is 252 g/mol. The molecule has 0 aliphatic heterocycles. The maximum Gasteiger partial charge on any atom is 0.119 e. The second kappa shape index (κ2) is 6.55. The van der Waals surface area contributed by atoms with E-state index < -0.39 is 0 Å². The van der Waals surface area contributed by atoms with E-state index in [9.17, 15) is 5.26 Å². The monoisotopic (exact) mass is 252 g/mol. The van der Waals surface area contributed by atoms with Gasteiger partial charge in [-0.1, -0.05) is 12.1 Å². The van der Waals surface area contributed by atoms with Crippen molar-refractivity contribution < 1.29 is 4.74 Å². The number of methoxy groups -OCH3 is 1. The van der Waals surface area contributed by atoms with E-state index in [1.807, 2.05) is 36.4 Å². The van der Waals surface area contributed by atoms with E-state index in [1.54, 1.807) is 19.5 Å². The highest BCUT2D eigenvalue weighted by Gasteiger charge is 2.11. The quantitative estimate of drug-likeness (QED) is 0.820. The van der Waals surface area contributed by atoms with Gasteiger partial charge in [0, 0.05) is 12.4 Å². The minimum Gasteiger partial charge on any atom is -0.497 e. The van der Waals surface area contributed by atoms with Crippen molar-refractivity contribution in [2.45, 2.75) is 18.8 Å². The van der Waals surface area contributed by atoms with E-state index in [0.29, 0.717) is 0 Å². The molecule has 2 aromatic rings. The van der Waals surface area contributed by atoms with E-state index in [-0.39, 0.29) is 5.92 Å². The standard InChI is InChI=1S/C16H16N2O/c1-19-16-4-2-3-14(11-16)15(12-17)6-5-13-7-9-18-10-8-13/h2-4,7-11,15H,5-6H2,1H3. The minimum atomic E-state index is -0.108. The molecular weight excluding hydrogens is 236 g/mol. The number of nitrogens with zero attached hydrogens (tertiary/aromatic N) is 2. The van der Waals surface area contributed by atoms with Gasteiger partial charge in [-0.2, -0.15) is 5.26 Å². The molecule has 1 aromatic carbocycles. The summed E-state index contributed by atoms with van der Waals surface area (Å²) in [6.07, 6.45) is 5.23. The third kappa shape index (κ3) is 3.56. The second-order valence-electron chi connectivity index (χ2n) is 4.35. The van der Waals surface area contributed by atoms with E-state index >= 15 is 0 Å². The Morgan fingerprint density at radius 3 is 2.74 bits per heavy atom. The predicted molar refractivity (Wildman–Crippen MR) is 73.9 cm³/mol. The molecule has 0 amide bonds. The zero-order valence-corrected chi connectivity index (χ0v) is 10.9. The zero-order valence-electron chi connectivity index (χ0n) is 10.9. The number of ether oxygens (including phenoxy) is 1. The lowest BCUT2D eigenvalue weighted by Crippen LogP contribution is -1.99. The lowest BCUT2D eigenvalue weighted by atomic mass is 9.94. The van der Waals surface area contributed by atoms with Crippen molar-refractivity contribution in [2.75, 3.05) is 7.11 Å². The number of benzene rings is 1. The molecular formula is C16H16N2O. The summed E-state index contributed by atoms with van der Waals surface area (Å²) in [7, 11) is 1.64. The summed E-state index contributed by atoms with van der Waals surface area (Å²) in [6.45, 7) is 0. The molecule has 0 fully saturated rings. The predicted octanol–water partition coefficient (Wildman–Crippen LogP) is 3.33. The van der Waals surface area contributed by atoms with Gasteiger partial charge in [0.1, 0.15) is 5.75 Å². The van der Waals surface area contributed by atoms with Crippen molar-refractivity contribution in [1.29, 1.82) is 5.26 Å². The van der Waals surface area contributed by atoms with Crippen molar-refractivity contribution in [2.24, 2.45) is 0 Å². The van der Waals surface area contributed by atoms with E-state index in [2.05, 4.69) is 11.1 Å². The van der Waals surface area contributed by atoms with Gasteiger partial charge in [0.2, 0.25) is 0 Å². The Morgan fingerprint density at radius 1 is 1.26 bits per heavy atom. The molecule has 2 rings (SSSR count). The molecule has 0 saturated heterocycles. The van der Waals surface area contributed by atoms with Crippen molar-refractivity contribution in [3.63, 3.8) is 0 Å². The molecule has 19 heavy (non-hydrogen) atoms. The van der Waals surface area contributed by atoms with Crippen LogP contribution in [0.4, 0.5) is 0 Å². The van der Waals surface area contributed by atoms with E-state index in [0.717, 1.165) is 24.2 Å². The highest BCUT2D eigenvalue weighted by molar-refractivity contribution is 5.33. The maximum absolute atomic E-state index is 9.32. The van der Waals surface area contributed by atoms with Crippen molar-refractivity contribution in [3.05, 3.63) is 59.9 Å². The highest BCUT2D eigenvalue weighted by atomic mass is 16.5. The van der Waals surface area contributed by atoms with Gasteiger partial charge >= 0.3 is 0 Å². The van der Waals surface area contributed by atoms with E-state index in [1.165, 1.54) is 5.56 Å². The molecule has 0 saturated carbocycles. The van der Waals surface area contributed by atoms with Crippen molar-refractivity contribution in [3.8, 4) is 11.8 Å². The molecule has 0 radical (unpaired) electrons. The van der Waals surface area contributed by atoms with Crippen LogP contribution in [-0.2, 0) is 6.42 Å². The molecule has 3 nitrogen and oxygen atoms in total. The Morgan fingerprint density at radius 2 is 2.05 bits per heavy atom. The van der Waals surface area contributed by atoms with Crippen LogP contribution < -0.4 is 4.74 Å². The van der Waals surface area contributed by atoms with Gasteiger partial charge in [0.05, 0.1) is 19.1 Å². The van der Waals surface area contributed by atoms with Crippen LogP contribution in [0.3, 0.4) is 0 Å². The summed E-state index contributed by atoms with van der Waals surface area (Å²) in [6, 6.07) is 14.1. The molecule has 0 spiro atoms. The molecule has 3 heteroatoms. The fraction of sp³-hybridized carbons (Fsp3) is 0.250. The summed E-state index contributed by atoms with van der Waals surface area (Å²) >= 11 is 0. The van der Waals surface area contributed by atoms with Crippen LogP contribution in [0.5, 0.6) is 5.75 Å². The van der Waals surface area contributed by atoms with Crippen LogP contribution in [0.2, 0.25) is 0 Å². The third-order valence-corrected chi connectivity index (χ3v) is 3.12. The molecule has 96 valence electrons. The molecule has 0 N–H and O–H groups in total. The number of nitriles is 1. The normalized spacial score (nSPS) is 11.6. The van der Waals surface area contributed by atoms with Gasteiger partial charge in [-0.25, -0.2) is 0 Å². The summed E-state index contributed by atoms with van der Waals surface area (Å²) in [5, 5.41) is 9.32. The van der Waals surface area contributed by atoms with Gasteiger partial charge in [0.25, 0.3) is 0 Å². The number of rotatable bonds is 5. The summed E-state index contributed by atoms with van der Waals surface area (Å²) in [5.41, 5.74) is 2.22.